The Morgan fingerprint density at radius 3 is 2.79 bits per heavy atom. The molecule has 2 heterocycles. The number of amides is 1. The first-order valence-corrected chi connectivity index (χ1v) is 9.87. The van der Waals surface area contributed by atoms with Gasteiger partial charge in [-0.3, -0.25) is 9.78 Å². The molecular formula is C22H24F2N2O2. The Morgan fingerprint density at radius 2 is 2.00 bits per heavy atom. The molecule has 2 aromatic rings. The zero-order chi connectivity index (χ0) is 19.8. The van der Waals surface area contributed by atoms with Crippen LogP contribution in [0.2, 0.25) is 0 Å². The Kier molecular flexibility index (Phi) is 5.15. The summed E-state index contributed by atoms with van der Waals surface area (Å²) in [7, 11) is 0. The normalized spacial score (nSPS) is 22.3. The lowest BCUT2D eigenvalue weighted by Crippen LogP contribution is -2.51. The molecule has 0 unspecified atom stereocenters. The van der Waals surface area contributed by atoms with Gasteiger partial charge in [-0.05, 0) is 43.0 Å². The van der Waals surface area contributed by atoms with Gasteiger partial charge >= 0.3 is 0 Å². The molecule has 1 amide bonds. The Labute approximate surface area is 163 Å². The van der Waals surface area contributed by atoms with Crippen molar-refractivity contribution in [3.63, 3.8) is 0 Å². The Hall–Kier alpha value is -2.34. The van der Waals surface area contributed by atoms with Gasteiger partial charge in [0.05, 0.1) is 23.4 Å². The summed E-state index contributed by atoms with van der Waals surface area (Å²) in [5.41, 5.74) is 2.94. The molecule has 0 spiro atoms. The van der Waals surface area contributed by atoms with Gasteiger partial charge in [0.15, 0.2) is 11.6 Å². The van der Waals surface area contributed by atoms with Gasteiger partial charge in [-0.2, -0.15) is 0 Å². The van der Waals surface area contributed by atoms with Gasteiger partial charge in [-0.15, -0.1) is 0 Å². The molecule has 4 nitrogen and oxygen atoms in total. The number of rotatable bonds is 3. The Morgan fingerprint density at radius 1 is 1.21 bits per heavy atom. The molecular weight excluding hydrogens is 362 g/mol. The third kappa shape index (κ3) is 3.41. The molecule has 2 aliphatic rings. The summed E-state index contributed by atoms with van der Waals surface area (Å²) in [6.07, 6.45) is 3.85. The minimum absolute atomic E-state index is 0.124. The van der Waals surface area contributed by atoms with Crippen LogP contribution in [-0.2, 0) is 12.8 Å². The first kappa shape index (κ1) is 19.0. The monoisotopic (exact) mass is 386 g/mol. The number of hydrogen-bond donors (Lipinski definition) is 1. The molecule has 1 N–H and O–H groups in total. The quantitative estimate of drug-likeness (QED) is 0.878. The molecule has 6 heteroatoms. The van der Waals surface area contributed by atoms with Crippen LogP contribution < -0.4 is 0 Å². The van der Waals surface area contributed by atoms with E-state index in [2.05, 4.69) is 4.98 Å². The Bertz CT molecular complexity index is 916. The van der Waals surface area contributed by atoms with Gasteiger partial charge in [0, 0.05) is 25.1 Å². The van der Waals surface area contributed by atoms with Crippen LogP contribution in [0.4, 0.5) is 8.78 Å². The summed E-state index contributed by atoms with van der Waals surface area (Å²) < 4.78 is 27.6. The maximum atomic E-state index is 14.1. The maximum absolute atomic E-state index is 14.1. The number of carbonyl (C=O) groups is 1. The van der Waals surface area contributed by atoms with E-state index in [1.54, 1.807) is 17.0 Å². The number of benzene rings is 1. The fourth-order valence-corrected chi connectivity index (χ4v) is 4.40. The SMILES string of the molecule is Cc1nc2c(cc1Cc1cccc(F)c1F)C(=O)N([C@H]1CCCC[C@@H]1O)CC2. The molecule has 0 bridgehead atoms. The second kappa shape index (κ2) is 7.59. The highest BCUT2D eigenvalue weighted by molar-refractivity contribution is 5.96. The van der Waals surface area contributed by atoms with Gasteiger partial charge < -0.3 is 10.0 Å². The van der Waals surface area contributed by atoms with E-state index in [0.29, 0.717) is 24.1 Å². The maximum Gasteiger partial charge on any atom is 0.256 e. The van der Waals surface area contributed by atoms with E-state index in [9.17, 15) is 18.7 Å². The van der Waals surface area contributed by atoms with Crippen LogP contribution in [0.3, 0.4) is 0 Å². The lowest BCUT2D eigenvalue weighted by Gasteiger charge is -2.40. The van der Waals surface area contributed by atoms with Gasteiger partial charge in [0.2, 0.25) is 0 Å². The zero-order valence-corrected chi connectivity index (χ0v) is 15.9. The van der Waals surface area contributed by atoms with Crippen LogP contribution in [0.5, 0.6) is 0 Å². The van der Waals surface area contributed by atoms with Crippen molar-refractivity contribution in [1.29, 1.82) is 0 Å². The van der Waals surface area contributed by atoms with Crippen molar-refractivity contribution in [3.05, 3.63) is 64.0 Å². The second-order valence-corrected chi connectivity index (χ2v) is 7.78. The molecule has 1 aliphatic heterocycles. The molecule has 0 radical (unpaired) electrons. The third-order valence-corrected chi connectivity index (χ3v) is 5.98. The predicted octanol–water partition coefficient (Wildman–Crippen LogP) is 3.56. The first-order valence-electron chi connectivity index (χ1n) is 9.87. The third-order valence-electron chi connectivity index (χ3n) is 5.98. The van der Waals surface area contributed by atoms with Crippen molar-refractivity contribution in [1.82, 2.24) is 9.88 Å². The average Bonchev–Trinajstić information content (AvgIpc) is 2.68. The van der Waals surface area contributed by atoms with Crippen LogP contribution >= 0.6 is 0 Å². The number of halogens is 2. The molecule has 1 aromatic carbocycles. The lowest BCUT2D eigenvalue weighted by molar-refractivity contribution is 0.0160. The largest absolute Gasteiger partial charge is 0.391 e. The van der Waals surface area contributed by atoms with Crippen LogP contribution in [0.1, 0.15) is 58.6 Å². The van der Waals surface area contributed by atoms with Crippen LogP contribution in [0, 0.1) is 18.6 Å². The molecule has 28 heavy (non-hydrogen) atoms. The molecule has 1 saturated carbocycles. The fraction of sp³-hybridized carbons (Fsp3) is 0.455. The minimum atomic E-state index is -0.880. The molecule has 148 valence electrons. The number of aryl methyl sites for hydroxylation is 1. The molecule has 1 fully saturated rings. The van der Waals surface area contributed by atoms with Crippen molar-refractivity contribution in [2.45, 2.75) is 57.6 Å². The van der Waals surface area contributed by atoms with Crippen LogP contribution in [0.25, 0.3) is 0 Å². The average molecular weight is 386 g/mol. The summed E-state index contributed by atoms with van der Waals surface area (Å²) in [6, 6.07) is 5.73. The van der Waals surface area contributed by atoms with Crippen LogP contribution in [0.15, 0.2) is 24.3 Å². The zero-order valence-electron chi connectivity index (χ0n) is 15.9. The predicted molar refractivity (Wildman–Crippen MR) is 101 cm³/mol. The van der Waals surface area contributed by atoms with Crippen molar-refractivity contribution in [2.24, 2.45) is 0 Å². The van der Waals surface area contributed by atoms with Crippen LogP contribution in [-0.4, -0.2) is 39.6 Å². The molecule has 2 atom stereocenters. The molecule has 1 aromatic heterocycles. The highest BCUT2D eigenvalue weighted by Crippen LogP contribution is 2.29. The summed E-state index contributed by atoms with van der Waals surface area (Å²) in [5, 5.41) is 10.4. The number of pyridine rings is 1. The topological polar surface area (TPSA) is 53.4 Å². The standard InChI is InChI=1S/C22H24F2N2O2/c1-13-15(11-14-5-4-6-17(23)21(14)24)12-16-18(25-13)9-10-26(22(16)28)19-7-2-3-8-20(19)27/h4-6,12,19-20,27H,2-3,7-11H2,1H3/t19-,20-/m0/s1. The number of aromatic nitrogens is 1. The summed E-state index contributed by atoms with van der Waals surface area (Å²) in [5.74, 6) is -1.87. The van der Waals surface area contributed by atoms with Crippen molar-refractivity contribution in [3.8, 4) is 0 Å². The van der Waals surface area contributed by atoms with Crippen molar-refractivity contribution < 1.29 is 18.7 Å². The second-order valence-electron chi connectivity index (χ2n) is 7.78. The van der Waals surface area contributed by atoms with E-state index in [0.717, 1.165) is 43.1 Å². The van der Waals surface area contributed by atoms with Gasteiger partial charge in [0.25, 0.3) is 5.91 Å². The summed E-state index contributed by atoms with van der Waals surface area (Å²) in [6.45, 7) is 2.38. The van der Waals surface area contributed by atoms with E-state index in [1.807, 2.05) is 6.92 Å². The number of nitrogens with zero attached hydrogens (tertiary/aromatic N) is 2. The highest BCUT2D eigenvalue weighted by atomic mass is 19.2. The molecule has 4 rings (SSSR count). The van der Waals surface area contributed by atoms with E-state index >= 15 is 0 Å². The van der Waals surface area contributed by atoms with Crippen molar-refractivity contribution >= 4 is 5.91 Å². The van der Waals surface area contributed by atoms with Gasteiger partial charge in [0.1, 0.15) is 0 Å². The van der Waals surface area contributed by atoms with E-state index in [4.69, 9.17) is 0 Å². The molecule has 1 aliphatic carbocycles. The van der Waals surface area contributed by atoms with Gasteiger partial charge in [-0.25, -0.2) is 8.78 Å². The lowest BCUT2D eigenvalue weighted by atomic mass is 9.89. The minimum Gasteiger partial charge on any atom is -0.391 e. The van der Waals surface area contributed by atoms with E-state index < -0.39 is 17.7 Å². The molecule has 0 saturated heterocycles. The summed E-state index contributed by atoms with van der Waals surface area (Å²) in [4.78, 5) is 19.5. The summed E-state index contributed by atoms with van der Waals surface area (Å²) >= 11 is 0. The van der Waals surface area contributed by atoms with Crippen molar-refractivity contribution in [2.75, 3.05) is 6.54 Å². The van der Waals surface area contributed by atoms with E-state index in [1.165, 1.54) is 6.07 Å². The fourth-order valence-electron chi connectivity index (χ4n) is 4.40. The smallest absolute Gasteiger partial charge is 0.256 e. The highest BCUT2D eigenvalue weighted by Gasteiger charge is 2.36. The Balaban J connectivity index is 1.65. The first-order chi connectivity index (χ1) is 13.5. The number of carbonyl (C=O) groups excluding carboxylic acids is 1. The number of fused-ring (bicyclic) bond motifs is 1. The number of hydrogen-bond acceptors (Lipinski definition) is 3. The van der Waals surface area contributed by atoms with Gasteiger partial charge in [-0.1, -0.05) is 25.0 Å². The van der Waals surface area contributed by atoms with E-state index in [-0.39, 0.29) is 23.9 Å². The number of aliphatic hydroxyl groups excluding tert-OH is 1. The number of aliphatic hydroxyl groups is 1.